The van der Waals surface area contributed by atoms with Crippen molar-refractivity contribution in [1.29, 1.82) is 0 Å². The number of nitrogens with one attached hydrogen (secondary N) is 4. The van der Waals surface area contributed by atoms with Crippen LogP contribution in [0.4, 0.5) is 34.1 Å². The molecule has 1 aliphatic rings. The zero-order chi connectivity index (χ0) is 28.6. The Balaban J connectivity index is 1.56. The van der Waals surface area contributed by atoms with Gasteiger partial charge in [0, 0.05) is 29.0 Å². The van der Waals surface area contributed by atoms with Gasteiger partial charge in [0.05, 0.1) is 29.8 Å². The first-order valence-corrected chi connectivity index (χ1v) is 11.0. The van der Waals surface area contributed by atoms with E-state index in [9.17, 15) is 32.3 Å². The summed E-state index contributed by atoms with van der Waals surface area (Å²) in [5, 5.41) is 15.2. The quantitative estimate of drug-likeness (QED) is 0.232. The van der Waals surface area contributed by atoms with E-state index in [0.29, 0.717) is 17.0 Å². The van der Waals surface area contributed by atoms with E-state index in [1.54, 1.807) is 19.2 Å². The number of H-pyrrole nitrogens is 1. The van der Waals surface area contributed by atoms with Crippen LogP contribution in [-0.2, 0) is 4.79 Å². The molecule has 2 heterocycles. The van der Waals surface area contributed by atoms with E-state index in [1.807, 2.05) is 0 Å². The van der Waals surface area contributed by atoms with Crippen molar-refractivity contribution in [2.75, 3.05) is 17.7 Å². The Kier molecular flexibility index (Phi) is 7.03. The highest BCUT2D eigenvalue weighted by Crippen LogP contribution is 2.38. The third-order valence-electron chi connectivity index (χ3n) is 5.73. The largest absolute Gasteiger partial charge is 0.511 e. The molecule has 5 N–H and O–H groups in total. The third kappa shape index (κ3) is 5.25. The number of halogens is 3. The van der Waals surface area contributed by atoms with Gasteiger partial charge in [-0.1, -0.05) is 0 Å². The van der Waals surface area contributed by atoms with Gasteiger partial charge in [-0.3, -0.25) is 14.9 Å². The second kappa shape index (κ2) is 10.2. The maximum absolute atomic E-state index is 14.9. The van der Waals surface area contributed by atoms with Crippen molar-refractivity contribution < 1.29 is 46.9 Å². The number of rotatable bonds is 5. The SMILES string of the molecule is COc1cc(F)c(C(=O)NC(=O)Nc2cc3c(cc2F)/C(=C/c2[nH]c(C)c(OC(=O)O)c2C)C(=O)N3)c(F)c1. The van der Waals surface area contributed by atoms with E-state index >= 15 is 0 Å². The highest BCUT2D eigenvalue weighted by atomic mass is 19.1. The van der Waals surface area contributed by atoms with Crippen LogP contribution in [0.25, 0.3) is 11.6 Å². The lowest BCUT2D eigenvalue weighted by atomic mass is 10.0. The molecule has 14 heteroatoms. The first-order valence-electron chi connectivity index (χ1n) is 11.0. The van der Waals surface area contributed by atoms with Gasteiger partial charge < -0.3 is 30.2 Å². The predicted molar refractivity (Wildman–Crippen MR) is 131 cm³/mol. The number of ether oxygens (including phenoxy) is 2. The van der Waals surface area contributed by atoms with Gasteiger partial charge in [-0.2, -0.15) is 0 Å². The zero-order valence-electron chi connectivity index (χ0n) is 20.4. The van der Waals surface area contributed by atoms with Gasteiger partial charge >= 0.3 is 12.2 Å². The van der Waals surface area contributed by atoms with E-state index in [-0.39, 0.29) is 28.3 Å². The molecule has 4 amide bonds. The van der Waals surface area contributed by atoms with Crippen molar-refractivity contribution in [3.05, 3.63) is 69.8 Å². The molecule has 0 bridgehead atoms. The number of hydrogen-bond acceptors (Lipinski definition) is 6. The topological polar surface area (TPSA) is 159 Å². The Labute approximate surface area is 217 Å². The van der Waals surface area contributed by atoms with Crippen molar-refractivity contribution >= 4 is 47.0 Å². The lowest BCUT2D eigenvalue weighted by Gasteiger charge is -2.11. The summed E-state index contributed by atoms with van der Waals surface area (Å²) in [6.45, 7) is 3.14. The first kappa shape index (κ1) is 26.8. The van der Waals surface area contributed by atoms with Crippen molar-refractivity contribution in [3.63, 3.8) is 0 Å². The molecule has 0 radical (unpaired) electrons. The number of carboxylic acid groups (broad SMARTS) is 1. The summed E-state index contributed by atoms with van der Waals surface area (Å²) in [6, 6.07) is 2.25. The molecule has 3 aromatic rings. The van der Waals surface area contributed by atoms with E-state index in [4.69, 9.17) is 14.6 Å². The molecular weight excluding hydrogens is 525 g/mol. The molecular formula is C25H19F3N4O7. The monoisotopic (exact) mass is 544 g/mol. The minimum Gasteiger partial charge on any atom is -0.497 e. The van der Waals surface area contributed by atoms with Crippen LogP contribution in [0.1, 0.15) is 32.9 Å². The van der Waals surface area contributed by atoms with Gasteiger partial charge in [0.15, 0.2) is 5.75 Å². The molecule has 4 rings (SSSR count). The molecule has 0 atom stereocenters. The third-order valence-corrected chi connectivity index (χ3v) is 5.73. The number of methoxy groups -OCH3 is 1. The number of hydrogen-bond donors (Lipinski definition) is 5. The summed E-state index contributed by atoms with van der Waals surface area (Å²) in [5.74, 6) is -5.71. The van der Waals surface area contributed by atoms with Crippen LogP contribution >= 0.6 is 0 Å². The van der Waals surface area contributed by atoms with Gasteiger partial charge in [0.25, 0.3) is 11.8 Å². The van der Waals surface area contributed by atoms with Gasteiger partial charge in [0.1, 0.15) is 28.8 Å². The summed E-state index contributed by atoms with van der Waals surface area (Å²) in [4.78, 5) is 50.9. The predicted octanol–water partition coefficient (Wildman–Crippen LogP) is 4.57. The molecule has 39 heavy (non-hydrogen) atoms. The molecule has 0 saturated carbocycles. The lowest BCUT2D eigenvalue weighted by molar-refractivity contribution is -0.110. The Morgan fingerprint density at radius 3 is 2.31 bits per heavy atom. The number of benzene rings is 2. The summed E-state index contributed by atoms with van der Waals surface area (Å²) >= 11 is 0. The Morgan fingerprint density at radius 1 is 1.03 bits per heavy atom. The second-order valence-corrected chi connectivity index (χ2v) is 8.25. The molecule has 0 unspecified atom stereocenters. The number of aromatic amines is 1. The summed E-state index contributed by atoms with van der Waals surface area (Å²) in [7, 11) is 1.17. The molecule has 11 nitrogen and oxygen atoms in total. The summed E-state index contributed by atoms with van der Waals surface area (Å²) in [6.07, 6.45) is -0.135. The minimum absolute atomic E-state index is 0.0340. The maximum Gasteiger partial charge on any atom is 0.511 e. The van der Waals surface area contributed by atoms with E-state index in [2.05, 4.69) is 15.6 Å². The fourth-order valence-corrected chi connectivity index (χ4v) is 3.94. The molecule has 0 saturated heterocycles. The van der Waals surface area contributed by atoms with Crippen LogP contribution in [0.3, 0.4) is 0 Å². The fraction of sp³-hybridized carbons (Fsp3) is 0.120. The maximum atomic E-state index is 14.9. The number of aryl methyl sites for hydroxylation is 1. The number of urea groups is 1. The highest BCUT2D eigenvalue weighted by Gasteiger charge is 2.28. The Bertz CT molecular complexity index is 1570. The number of carbonyl (C=O) groups excluding carboxylic acids is 3. The highest BCUT2D eigenvalue weighted by molar-refractivity contribution is 6.35. The van der Waals surface area contributed by atoms with Crippen LogP contribution in [0.2, 0.25) is 0 Å². The Morgan fingerprint density at radius 2 is 1.69 bits per heavy atom. The van der Waals surface area contributed by atoms with Gasteiger partial charge in [0.2, 0.25) is 0 Å². The molecule has 2 aromatic carbocycles. The number of amides is 4. The minimum atomic E-state index is -1.52. The molecule has 0 spiro atoms. The van der Waals surface area contributed by atoms with Crippen LogP contribution in [0.5, 0.6) is 11.5 Å². The lowest BCUT2D eigenvalue weighted by Crippen LogP contribution is -2.35. The number of imide groups is 1. The first-order chi connectivity index (χ1) is 18.4. The van der Waals surface area contributed by atoms with Crippen molar-refractivity contribution in [2.45, 2.75) is 13.8 Å². The van der Waals surface area contributed by atoms with Gasteiger partial charge in [-0.05, 0) is 32.1 Å². The molecule has 1 aromatic heterocycles. The summed E-state index contributed by atoms with van der Waals surface area (Å²) in [5.41, 5.74) is -0.0743. The van der Waals surface area contributed by atoms with Crippen molar-refractivity contribution in [2.24, 2.45) is 0 Å². The van der Waals surface area contributed by atoms with Gasteiger partial charge in [-0.25, -0.2) is 22.8 Å². The van der Waals surface area contributed by atoms with E-state index < -0.39 is 52.7 Å². The smallest absolute Gasteiger partial charge is 0.497 e. The van der Waals surface area contributed by atoms with E-state index in [0.717, 1.165) is 24.3 Å². The Hall–Kier alpha value is -5.27. The molecule has 1 aliphatic heterocycles. The van der Waals surface area contributed by atoms with Crippen molar-refractivity contribution in [1.82, 2.24) is 10.3 Å². The van der Waals surface area contributed by atoms with Crippen LogP contribution in [0.15, 0.2) is 24.3 Å². The normalized spacial score (nSPS) is 13.1. The fourth-order valence-electron chi connectivity index (χ4n) is 3.94. The van der Waals surface area contributed by atoms with Crippen LogP contribution in [0, 0.1) is 31.3 Å². The molecule has 0 aliphatic carbocycles. The number of fused-ring (bicyclic) bond motifs is 1. The molecule has 202 valence electrons. The standard InChI is InChI=1S/C25H19F3N4O7/c1-9-17(29-10(2)21(9)39-25(36)37)7-13-12-6-14(26)19(8-18(12)30-22(13)33)31-24(35)32-23(34)20-15(27)4-11(38-3)5-16(20)28/h4-8,29H,1-3H3,(H,30,33)(H,36,37)(H2,31,32,34,35)/b13-7-. The number of aromatic nitrogens is 1. The summed E-state index contributed by atoms with van der Waals surface area (Å²) < 4.78 is 52.6. The molecule has 0 fully saturated rings. The number of anilines is 2. The second-order valence-electron chi connectivity index (χ2n) is 8.25. The van der Waals surface area contributed by atoms with E-state index in [1.165, 1.54) is 13.2 Å². The van der Waals surface area contributed by atoms with Gasteiger partial charge in [-0.15, -0.1) is 0 Å². The average molecular weight is 544 g/mol. The number of carbonyl (C=O) groups is 4. The van der Waals surface area contributed by atoms with Crippen molar-refractivity contribution in [3.8, 4) is 11.5 Å². The van der Waals surface area contributed by atoms with Crippen LogP contribution < -0.4 is 25.4 Å². The van der Waals surface area contributed by atoms with Crippen LogP contribution in [-0.4, -0.2) is 41.2 Å². The zero-order valence-corrected chi connectivity index (χ0v) is 20.4. The average Bonchev–Trinajstić information content (AvgIpc) is 3.28.